The van der Waals surface area contributed by atoms with Crippen molar-refractivity contribution in [3.05, 3.63) is 40.6 Å². The van der Waals surface area contributed by atoms with Crippen LogP contribution in [-0.2, 0) is 9.53 Å². The molecule has 3 nitrogen and oxygen atoms in total. The van der Waals surface area contributed by atoms with E-state index in [2.05, 4.69) is 11.1 Å². The summed E-state index contributed by atoms with van der Waals surface area (Å²) in [6.07, 6.45) is 1.79. The Morgan fingerprint density at radius 2 is 1.89 bits per heavy atom. The lowest BCUT2D eigenvalue weighted by atomic mass is 9.97. The molecule has 0 unspecified atom stereocenters. The van der Waals surface area contributed by atoms with Gasteiger partial charge in [0.05, 0.1) is 0 Å². The van der Waals surface area contributed by atoms with Crippen LogP contribution < -0.4 is 0 Å². The second-order valence-electron chi connectivity index (χ2n) is 5.95. The van der Waals surface area contributed by atoms with Crippen LogP contribution in [-0.4, -0.2) is 11.9 Å². The largest absolute Gasteiger partial charge is 0.406 e. The molecule has 0 saturated heterocycles. The maximum atomic E-state index is 11.8. The minimum absolute atomic E-state index is 0.256. The summed E-state index contributed by atoms with van der Waals surface area (Å²) in [4.78, 5) is 16.1. The van der Waals surface area contributed by atoms with E-state index >= 15 is 0 Å². The first-order chi connectivity index (χ1) is 8.77. The molecule has 1 aliphatic heterocycles. The number of cyclic esters (lactones) is 1. The van der Waals surface area contributed by atoms with Gasteiger partial charge in [0.15, 0.2) is 5.70 Å². The number of benzene rings is 1. The lowest BCUT2D eigenvalue weighted by Crippen LogP contribution is -2.21. The van der Waals surface area contributed by atoms with Gasteiger partial charge in [-0.3, -0.25) is 0 Å². The number of rotatable bonds is 1. The minimum atomic E-state index is -0.370. The van der Waals surface area contributed by atoms with E-state index in [0.717, 1.165) is 11.1 Å². The second kappa shape index (κ2) is 4.65. The number of esters is 1. The van der Waals surface area contributed by atoms with Crippen LogP contribution in [0.5, 0.6) is 0 Å². The summed E-state index contributed by atoms with van der Waals surface area (Å²) in [5.74, 6) is 0.110. The highest BCUT2D eigenvalue weighted by Gasteiger charge is 2.31. The van der Waals surface area contributed by atoms with Gasteiger partial charge in [-0.05, 0) is 31.1 Å². The standard InChI is InChI=1S/C16H19NO2/c1-10-6-7-12(11(2)8-10)9-13-14(18)19-15(17-13)16(3,4)5/h6-9H,1-5H3/b13-9-. The maximum absolute atomic E-state index is 11.8. The van der Waals surface area contributed by atoms with Crippen molar-refractivity contribution in [2.75, 3.05) is 0 Å². The summed E-state index contributed by atoms with van der Waals surface area (Å²) in [5.41, 5.74) is 3.44. The van der Waals surface area contributed by atoms with E-state index in [4.69, 9.17) is 4.74 Å². The van der Waals surface area contributed by atoms with Crippen molar-refractivity contribution in [1.82, 2.24) is 0 Å². The van der Waals surface area contributed by atoms with E-state index in [1.54, 1.807) is 6.08 Å². The first kappa shape index (κ1) is 13.5. The Labute approximate surface area is 114 Å². The molecule has 19 heavy (non-hydrogen) atoms. The van der Waals surface area contributed by atoms with Crippen molar-refractivity contribution in [2.45, 2.75) is 34.6 Å². The molecular weight excluding hydrogens is 238 g/mol. The van der Waals surface area contributed by atoms with Gasteiger partial charge in [-0.25, -0.2) is 9.79 Å². The topological polar surface area (TPSA) is 38.7 Å². The number of nitrogens with zero attached hydrogens (tertiary/aromatic N) is 1. The zero-order valence-electron chi connectivity index (χ0n) is 12.1. The van der Waals surface area contributed by atoms with E-state index < -0.39 is 0 Å². The average molecular weight is 257 g/mol. The van der Waals surface area contributed by atoms with E-state index in [1.165, 1.54) is 5.56 Å². The Bertz CT molecular complexity index is 589. The Hall–Kier alpha value is -1.90. The van der Waals surface area contributed by atoms with Gasteiger partial charge in [0.1, 0.15) is 0 Å². The lowest BCUT2D eigenvalue weighted by Gasteiger charge is -2.15. The quantitative estimate of drug-likeness (QED) is 0.569. The SMILES string of the molecule is Cc1ccc(/C=C2\N=C(C(C)(C)C)OC2=O)c(C)c1. The predicted octanol–water partition coefficient (Wildman–Crippen LogP) is 3.65. The van der Waals surface area contributed by atoms with Crippen molar-refractivity contribution < 1.29 is 9.53 Å². The molecular formula is C16H19NO2. The fraction of sp³-hybridized carbons (Fsp3) is 0.375. The Balaban J connectivity index is 2.39. The third-order valence-corrected chi connectivity index (χ3v) is 2.98. The van der Waals surface area contributed by atoms with E-state index in [1.807, 2.05) is 46.8 Å². The molecule has 0 radical (unpaired) electrons. The fourth-order valence-corrected chi connectivity index (χ4v) is 1.86. The third kappa shape index (κ3) is 2.92. The van der Waals surface area contributed by atoms with Gasteiger partial charge in [0, 0.05) is 5.41 Å². The Kier molecular flexibility index (Phi) is 3.31. The van der Waals surface area contributed by atoms with Gasteiger partial charge in [-0.2, -0.15) is 0 Å². The number of hydrogen-bond donors (Lipinski definition) is 0. The summed E-state index contributed by atoms with van der Waals surface area (Å²) in [6.45, 7) is 9.98. The fourth-order valence-electron chi connectivity index (χ4n) is 1.86. The molecule has 0 saturated carbocycles. The van der Waals surface area contributed by atoms with Gasteiger partial charge in [-0.1, -0.05) is 44.5 Å². The molecule has 1 aromatic carbocycles. The molecule has 1 heterocycles. The monoisotopic (exact) mass is 257 g/mol. The number of aliphatic imine (C=N–C) groups is 1. The van der Waals surface area contributed by atoms with Crippen LogP contribution in [0.15, 0.2) is 28.9 Å². The van der Waals surface area contributed by atoms with Gasteiger partial charge in [-0.15, -0.1) is 0 Å². The van der Waals surface area contributed by atoms with Crippen LogP contribution in [0, 0.1) is 19.3 Å². The van der Waals surface area contributed by atoms with Crippen LogP contribution in [0.4, 0.5) is 0 Å². The van der Waals surface area contributed by atoms with Crippen LogP contribution in [0.3, 0.4) is 0 Å². The van der Waals surface area contributed by atoms with E-state index in [-0.39, 0.29) is 11.4 Å². The molecule has 100 valence electrons. The van der Waals surface area contributed by atoms with Crippen LogP contribution in [0.25, 0.3) is 6.08 Å². The number of carbonyl (C=O) groups excluding carboxylic acids is 1. The Morgan fingerprint density at radius 1 is 1.21 bits per heavy atom. The summed E-state index contributed by atoms with van der Waals surface area (Å²) < 4.78 is 5.22. The molecule has 0 spiro atoms. The summed E-state index contributed by atoms with van der Waals surface area (Å²) in [7, 11) is 0. The zero-order chi connectivity index (χ0) is 14.2. The van der Waals surface area contributed by atoms with E-state index in [9.17, 15) is 4.79 Å². The molecule has 3 heteroatoms. The van der Waals surface area contributed by atoms with Gasteiger partial charge < -0.3 is 4.74 Å². The number of carbonyl (C=O) groups is 1. The lowest BCUT2D eigenvalue weighted by molar-refractivity contribution is -0.130. The third-order valence-electron chi connectivity index (χ3n) is 2.98. The van der Waals surface area contributed by atoms with Gasteiger partial charge in [0.2, 0.25) is 5.90 Å². The molecule has 0 N–H and O–H groups in total. The number of aryl methyl sites for hydroxylation is 2. The van der Waals surface area contributed by atoms with Crippen molar-refractivity contribution in [3.8, 4) is 0 Å². The molecule has 2 rings (SSSR count). The molecule has 0 atom stereocenters. The molecule has 0 amide bonds. The molecule has 1 aromatic rings. The van der Waals surface area contributed by atoms with Crippen LogP contribution in [0.2, 0.25) is 0 Å². The first-order valence-electron chi connectivity index (χ1n) is 6.37. The van der Waals surface area contributed by atoms with Crippen LogP contribution >= 0.6 is 0 Å². The second-order valence-corrected chi connectivity index (χ2v) is 5.95. The normalized spacial score (nSPS) is 17.6. The molecule has 0 bridgehead atoms. The molecule has 0 aromatic heterocycles. The van der Waals surface area contributed by atoms with Crippen molar-refractivity contribution in [2.24, 2.45) is 10.4 Å². The zero-order valence-corrected chi connectivity index (χ0v) is 12.1. The van der Waals surface area contributed by atoms with Crippen molar-refractivity contribution in [1.29, 1.82) is 0 Å². The maximum Gasteiger partial charge on any atom is 0.363 e. The van der Waals surface area contributed by atoms with Gasteiger partial charge in [0.25, 0.3) is 0 Å². The van der Waals surface area contributed by atoms with E-state index in [0.29, 0.717) is 11.6 Å². The summed E-state index contributed by atoms with van der Waals surface area (Å²) >= 11 is 0. The molecule has 1 aliphatic rings. The minimum Gasteiger partial charge on any atom is -0.406 e. The predicted molar refractivity (Wildman–Crippen MR) is 76.9 cm³/mol. The molecule has 0 fully saturated rings. The highest BCUT2D eigenvalue weighted by molar-refractivity contribution is 6.08. The van der Waals surface area contributed by atoms with Crippen LogP contribution in [0.1, 0.15) is 37.5 Å². The number of hydrogen-bond acceptors (Lipinski definition) is 3. The number of ether oxygens (including phenoxy) is 1. The first-order valence-corrected chi connectivity index (χ1v) is 6.37. The summed E-state index contributed by atoms with van der Waals surface area (Å²) in [6, 6.07) is 6.10. The van der Waals surface area contributed by atoms with Crippen molar-refractivity contribution in [3.63, 3.8) is 0 Å². The average Bonchev–Trinajstić information content (AvgIpc) is 2.64. The van der Waals surface area contributed by atoms with Gasteiger partial charge >= 0.3 is 5.97 Å². The highest BCUT2D eigenvalue weighted by Crippen LogP contribution is 2.26. The molecule has 0 aliphatic carbocycles. The Morgan fingerprint density at radius 3 is 2.42 bits per heavy atom. The van der Waals surface area contributed by atoms with Crippen molar-refractivity contribution >= 4 is 17.9 Å². The summed E-state index contributed by atoms with van der Waals surface area (Å²) in [5, 5.41) is 0. The highest BCUT2D eigenvalue weighted by atomic mass is 16.6. The smallest absolute Gasteiger partial charge is 0.363 e.